The number of halogens is 1. The van der Waals surface area contributed by atoms with Crippen LogP contribution in [0.2, 0.25) is 0 Å². The van der Waals surface area contributed by atoms with Crippen LogP contribution in [0.3, 0.4) is 0 Å². The molecule has 0 bridgehead atoms. The van der Waals surface area contributed by atoms with Gasteiger partial charge in [0.2, 0.25) is 0 Å². The predicted molar refractivity (Wildman–Crippen MR) is 176 cm³/mol. The standard InChI is InChI=1S/C34H37FN6O7/c1-34(2,3)48-30(42)11-10-27(32(44)46-4)40-31(43)21-15-28(38-19-21)29-17-24(12-13-37-29)47-23-8-9-26(25(35)16-23)41-33(45)39-22-7-5-6-20(14-22)18-36/h5-9,12-17,19,27,38H,10-11,18,36H2,1-4H3,(H,40,43)(H2,39,41,45). The van der Waals surface area contributed by atoms with E-state index in [0.717, 1.165) is 11.6 Å². The number of anilines is 2. The van der Waals surface area contributed by atoms with E-state index >= 15 is 0 Å². The van der Waals surface area contributed by atoms with Crippen LogP contribution >= 0.6 is 0 Å². The van der Waals surface area contributed by atoms with Gasteiger partial charge < -0.3 is 40.9 Å². The third-order valence-electron chi connectivity index (χ3n) is 6.65. The number of H-pyrrole nitrogens is 1. The largest absolute Gasteiger partial charge is 0.467 e. The van der Waals surface area contributed by atoms with Crippen LogP contribution in [0.15, 0.2) is 73.1 Å². The minimum atomic E-state index is -1.08. The number of hydrogen-bond acceptors (Lipinski definition) is 9. The van der Waals surface area contributed by atoms with Gasteiger partial charge in [0.25, 0.3) is 5.91 Å². The first kappa shape index (κ1) is 35.1. The van der Waals surface area contributed by atoms with Crippen LogP contribution in [0.4, 0.5) is 20.6 Å². The minimum Gasteiger partial charge on any atom is -0.467 e. The second-order valence-corrected chi connectivity index (χ2v) is 11.6. The predicted octanol–water partition coefficient (Wildman–Crippen LogP) is 5.50. The highest BCUT2D eigenvalue weighted by Gasteiger charge is 2.25. The molecule has 2 aromatic heterocycles. The molecule has 48 heavy (non-hydrogen) atoms. The van der Waals surface area contributed by atoms with Crippen LogP contribution in [0.25, 0.3) is 11.4 Å². The lowest BCUT2D eigenvalue weighted by Crippen LogP contribution is -2.42. The number of aromatic nitrogens is 2. The van der Waals surface area contributed by atoms with Crippen LogP contribution in [0.1, 0.15) is 49.5 Å². The van der Waals surface area contributed by atoms with E-state index in [0.29, 0.717) is 29.4 Å². The molecule has 2 heterocycles. The zero-order valence-electron chi connectivity index (χ0n) is 26.9. The smallest absolute Gasteiger partial charge is 0.328 e. The number of carbonyl (C=O) groups excluding carboxylic acids is 4. The number of rotatable bonds is 12. The first-order chi connectivity index (χ1) is 22.8. The van der Waals surface area contributed by atoms with Crippen molar-refractivity contribution in [2.75, 3.05) is 17.7 Å². The second kappa shape index (κ2) is 15.7. The molecule has 6 N–H and O–H groups in total. The van der Waals surface area contributed by atoms with E-state index in [4.69, 9.17) is 19.9 Å². The van der Waals surface area contributed by atoms with E-state index < -0.39 is 41.3 Å². The molecule has 0 spiro atoms. The molecule has 2 aromatic carbocycles. The lowest BCUT2D eigenvalue weighted by Gasteiger charge is -2.21. The monoisotopic (exact) mass is 660 g/mol. The number of ether oxygens (including phenoxy) is 3. The average molecular weight is 661 g/mol. The van der Waals surface area contributed by atoms with Crippen LogP contribution < -0.4 is 26.4 Å². The molecule has 13 nitrogen and oxygen atoms in total. The van der Waals surface area contributed by atoms with Crippen molar-refractivity contribution in [1.29, 1.82) is 0 Å². The van der Waals surface area contributed by atoms with Gasteiger partial charge in [-0.1, -0.05) is 12.1 Å². The molecule has 0 aliphatic rings. The molecule has 3 amide bonds. The minimum absolute atomic E-state index is 0.0138. The van der Waals surface area contributed by atoms with Crippen molar-refractivity contribution in [2.45, 2.75) is 51.8 Å². The van der Waals surface area contributed by atoms with Gasteiger partial charge in [0, 0.05) is 43.2 Å². The number of urea groups is 1. The second-order valence-electron chi connectivity index (χ2n) is 11.6. The van der Waals surface area contributed by atoms with E-state index in [1.54, 1.807) is 51.1 Å². The molecule has 0 fully saturated rings. The van der Waals surface area contributed by atoms with E-state index in [1.807, 2.05) is 6.07 Å². The lowest BCUT2D eigenvalue weighted by atomic mass is 10.1. The van der Waals surface area contributed by atoms with Crippen molar-refractivity contribution in [2.24, 2.45) is 5.73 Å². The van der Waals surface area contributed by atoms with Gasteiger partial charge in [0.1, 0.15) is 29.0 Å². The fourth-order valence-corrected chi connectivity index (χ4v) is 4.44. The van der Waals surface area contributed by atoms with Gasteiger partial charge in [-0.25, -0.2) is 14.0 Å². The van der Waals surface area contributed by atoms with Gasteiger partial charge in [-0.15, -0.1) is 0 Å². The Morgan fingerprint density at radius 3 is 2.48 bits per heavy atom. The fourth-order valence-electron chi connectivity index (χ4n) is 4.44. The Morgan fingerprint density at radius 1 is 1.00 bits per heavy atom. The van der Waals surface area contributed by atoms with Crippen molar-refractivity contribution >= 4 is 35.3 Å². The van der Waals surface area contributed by atoms with E-state index in [9.17, 15) is 23.6 Å². The van der Waals surface area contributed by atoms with Crippen LogP contribution in [-0.2, 0) is 25.6 Å². The number of carbonyl (C=O) groups is 4. The summed E-state index contributed by atoms with van der Waals surface area (Å²) in [5.41, 5.74) is 7.31. The molecule has 252 valence electrons. The van der Waals surface area contributed by atoms with Gasteiger partial charge in [-0.2, -0.15) is 0 Å². The molecular formula is C34H37FN6O7. The molecule has 0 aliphatic heterocycles. The van der Waals surface area contributed by atoms with Gasteiger partial charge >= 0.3 is 18.0 Å². The first-order valence-electron chi connectivity index (χ1n) is 14.9. The van der Waals surface area contributed by atoms with Crippen LogP contribution in [0, 0.1) is 5.82 Å². The SMILES string of the molecule is COC(=O)C(CCC(=O)OC(C)(C)C)NC(=O)c1c[nH]c(-c2cc(Oc3ccc(NC(=O)Nc4cccc(CN)c4)c(F)c3)ccn2)c1. The van der Waals surface area contributed by atoms with E-state index in [1.165, 1.54) is 37.7 Å². The molecule has 4 aromatic rings. The number of hydrogen-bond donors (Lipinski definition) is 5. The summed E-state index contributed by atoms with van der Waals surface area (Å²) < 4.78 is 30.8. The van der Waals surface area contributed by atoms with Crippen molar-refractivity contribution in [3.8, 4) is 22.9 Å². The number of esters is 2. The third kappa shape index (κ3) is 10.1. The number of amides is 3. The maximum atomic E-state index is 14.9. The molecule has 0 aliphatic carbocycles. The Kier molecular flexibility index (Phi) is 11.5. The number of aromatic amines is 1. The van der Waals surface area contributed by atoms with Gasteiger partial charge in [0.05, 0.1) is 29.7 Å². The Bertz CT molecular complexity index is 1790. The number of benzene rings is 2. The van der Waals surface area contributed by atoms with Gasteiger partial charge in [0.15, 0.2) is 0 Å². The van der Waals surface area contributed by atoms with Gasteiger partial charge in [-0.05, 0) is 69.2 Å². The summed E-state index contributed by atoms with van der Waals surface area (Å²) in [5, 5.41) is 7.69. The molecule has 0 saturated carbocycles. The molecule has 0 radical (unpaired) electrons. The zero-order chi connectivity index (χ0) is 34.8. The zero-order valence-corrected chi connectivity index (χ0v) is 26.9. The highest BCUT2D eigenvalue weighted by molar-refractivity contribution is 6.00. The van der Waals surface area contributed by atoms with E-state index in [2.05, 4.69) is 25.9 Å². The summed E-state index contributed by atoms with van der Waals surface area (Å²) >= 11 is 0. The number of nitrogens with one attached hydrogen (secondary N) is 4. The maximum absolute atomic E-state index is 14.9. The molecule has 1 atom stereocenters. The van der Waals surface area contributed by atoms with Gasteiger partial charge in [-0.3, -0.25) is 14.6 Å². The van der Waals surface area contributed by atoms with Crippen molar-refractivity contribution in [3.05, 3.63) is 90.0 Å². The summed E-state index contributed by atoms with van der Waals surface area (Å²) in [6.45, 7) is 5.51. The maximum Gasteiger partial charge on any atom is 0.328 e. The van der Waals surface area contributed by atoms with E-state index in [-0.39, 0.29) is 29.8 Å². The fraction of sp³-hybridized carbons (Fsp3) is 0.265. The average Bonchev–Trinajstić information content (AvgIpc) is 3.54. The Labute approximate surface area is 276 Å². The van der Waals surface area contributed by atoms with Crippen LogP contribution in [0.5, 0.6) is 11.5 Å². The number of pyridine rings is 1. The molecular weight excluding hydrogens is 623 g/mol. The van der Waals surface area contributed by atoms with Crippen LogP contribution in [-0.4, -0.2) is 52.6 Å². The Morgan fingerprint density at radius 2 is 1.77 bits per heavy atom. The lowest BCUT2D eigenvalue weighted by molar-refractivity contribution is -0.155. The third-order valence-corrected chi connectivity index (χ3v) is 6.65. The topological polar surface area (TPSA) is 187 Å². The van der Waals surface area contributed by atoms with Crippen molar-refractivity contribution in [3.63, 3.8) is 0 Å². The highest BCUT2D eigenvalue weighted by atomic mass is 19.1. The summed E-state index contributed by atoms with van der Waals surface area (Å²) in [7, 11) is 1.19. The van der Waals surface area contributed by atoms with Crippen molar-refractivity contribution < 1.29 is 37.8 Å². The highest BCUT2D eigenvalue weighted by Crippen LogP contribution is 2.28. The molecule has 4 rings (SSSR count). The molecule has 1 unspecified atom stereocenters. The normalized spacial score (nSPS) is 11.6. The summed E-state index contributed by atoms with van der Waals surface area (Å²) in [4.78, 5) is 57.1. The first-order valence-corrected chi connectivity index (χ1v) is 14.9. The Hall–Kier alpha value is -5.76. The number of nitrogens with zero attached hydrogens (tertiary/aromatic N) is 1. The quantitative estimate of drug-likeness (QED) is 0.122. The molecule has 14 heteroatoms. The van der Waals surface area contributed by atoms with Crippen molar-refractivity contribution in [1.82, 2.24) is 15.3 Å². The number of nitrogens with two attached hydrogens (primary N) is 1. The summed E-state index contributed by atoms with van der Waals surface area (Å²) in [6, 6.07) is 13.9. The summed E-state index contributed by atoms with van der Waals surface area (Å²) in [5.74, 6) is -2.02. The summed E-state index contributed by atoms with van der Waals surface area (Å²) in [6.07, 6.45) is 2.80. The molecule has 0 saturated heterocycles. The Balaban J connectivity index is 1.37. The number of methoxy groups -OCH3 is 1.